The minimum atomic E-state index is 0.981. The Balaban J connectivity index is 2.40. The molecule has 0 N–H and O–H groups in total. The summed E-state index contributed by atoms with van der Waals surface area (Å²) in [6, 6.07) is 8.50. The molecule has 0 atom stereocenters. The van der Waals surface area contributed by atoms with Crippen LogP contribution in [0.3, 0.4) is 0 Å². The second-order valence-electron chi connectivity index (χ2n) is 4.41. The Morgan fingerprint density at radius 3 is 2.65 bits per heavy atom. The van der Waals surface area contributed by atoms with Gasteiger partial charge in [-0.15, -0.1) is 0 Å². The van der Waals surface area contributed by atoms with Crippen molar-refractivity contribution < 1.29 is 0 Å². The molecule has 0 radical (unpaired) electrons. The largest absolute Gasteiger partial charge is 0.341 e. The molecule has 0 unspecified atom stereocenters. The Labute approximate surface area is 104 Å². The highest BCUT2D eigenvalue weighted by molar-refractivity contribution is 5.64. The van der Waals surface area contributed by atoms with E-state index in [1.165, 1.54) is 28.1 Å². The summed E-state index contributed by atoms with van der Waals surface area (Å²) >= 11 is 0. The highest BCUT2D eigenvalue weighted by Gasteiger charge is 2.21. The predicted molar refractivity (Wildman–Crippen MR) is 76.0 cm³/mol. The van der Waals surface area contributed by atoms with Gasteiger partial charge in [-0.05, 0) is 49.6 Å². The number of hydrogen-bond donors (Lipinski definition) is 0. The first-order valence-electron chi connectivity index (χ1n) is 6.00. The Bertz CT molecular complexity index is 506. The summed E-state index contributed by atoms with van der Waals surface area (Å²) in [6.45, 7) is 11.3. The van der Waals surface area contributed by atoms with Gasteiger partial charge in [-0.3, -0.25) is 0 Å². The lowest BCUT2D eigenvalue weighted by molar-refractivity contribution is 1.04. The molecule has 0 bridgehead atoms. The van der Waals surface area contributed by atoms with Gasteiger partial charge in [0.2, 0.25) is 0 Å². The molecule has 1 heterocycles. The van der Waals surface area contributed by atoms with Gasteiger partial charge in [0.15, 0.2) is 0 Å². The van der Waals surface area contributed by atoms with Crippen LogP contribution < -0.4 is 4.90 Å². The topological polar surface area (TPSA) is 3.24 Å². The van der Waals surface area contributed by atoms with E-state index in [2.05, 4.69) is 62.6 Å². The van der Waals surface area contributed by atoms with Gasteiger partial charge in [0, 0.05) is 17.9 Å². The monoisotopic (exact) mass is 225 g/mol. The van der Waals surface area contributed by atoms with Crippen molar-refractivity contribution in [2.45, 2.75) is 20.8 Å². The van der Waals surface area contributed by atoms with Gasteiger partial charge in [-0.25, -0.2) is 0 Å². The Morgan fingerprint density at radius 2 is 2.06 bits per heavy atom. The molecule has 17 heavy (non-hydrogen) atoms. The molecule has 1 aromatic rings. The molecular weight excluding hydrogens is 206 g/mol. The van der Waals surface area contributed by atoms with E-state index in [0.29, 0.717) is 0 Å². The number of hydrogen-bond acceptors (Lipinski definition) is 1. The molecule has 1 heteroatoms. The summed E-state index contributed by atoms with van der Waals surface area (Å²) in [5, 5.41) is 0. The van der Waals surface area contributed by atoms with Gasteiger partial charge < -0.3 is 4.90 Å². The van der Waals surface area contributed by atoms with Crippen LogP contribution in [0, 0.1) is 0 Å². The Kier molecular flexibility index (Phi) is 3.19. The minimum Gasteiger partial charge on any atom is -0.341 e. The van der Waals surface area contributed by atoms with Crippen LogP contribution in [0.25, 0.3) is 6.08 Å². The SMILES string of the molecule is C=Cc1cccc(N2C/C(=C\C)C(C)=C2C)c1. The third kappa shape index (κ3) is 2.05. The van der Waals surface area contributed by atoms with E-state index >= 15 is 0 Å². The maximum atomic E-state index is 3.82. The Morgan fingerprint density at radius 1 is 1.29 bits per heavy atom. The van der Waals surface area contributed by atoms with Gasteiger partial charge in [0.1, 0.15) is 0 Å². The zero-order chi connectivity index (χ0) is 12.4. The third-order valence-corrected chi connectivity index (χ3v) is 3.52. The van der Waals surface area contributed by atoms with Crippen LogP contribution in [-0.2, 0) is 0 Å². The minimum absolute atomic E-state index is 0.981. The molecule has 2 rings (SSSR count). The van der Waals surface area contributed by atoms with Gasteiger partial charge in [0.25, 0.3) is 0 Å². The van der Waals surface area contributed by atoms with E-state index in [4.69, 9.17) is 0 Å². The first-order chi connectivity index (χ1) is 8.17. The first-order valence-corrected chi connectivity index (χ1v) is 6.00. The van der Waals surface area contributed by atoms with Gasteiger partial charge in [-0.2, -0.15) is 0 Å². The van der Waals surface area contributed by atoms with Crippen molar-refractivity contribution in [1.29, 1.82) is 0 Å². The molecule has 0 aliphatic carbocycles. The van der Waals surface area contributed by atoms with Gasteiger partial charge in [0.05, 0.1) is 0 Å². The van der Waals surface area contributed by atoms with E-state index in [1.54, 1.807) is 0 Å². The lowest BCUT2D eigenvalue weighted by Gasteiger charge is -2.20. The fourth-order valence-corrected chi connectivity index (χ4v) is 2.25. The molecule has 0 saturated carbocycles. The molecule has 1 aromatic carbocycles. The smallest absolute Gasteiger partial charge is 0.0478 e. The van der Waals surface area contributed by atoms with Crippen LogP contribution in [0.1, 0.15) is 26.3 Å². The van der Waals surface area contributed by atoms with E-state index < -0.39 is 0 Å². The zero-order valence-electron chi connectivity index (χ0n) is 10.8. The molecule has 0 saturated heterocycles. The number of allylic oxidation sites excluding steroid dienone is 2. The average Bonchev–Trinajstić information content (AvgIpc) is 2.66. The lowest BCUT2D eigenvalue weighted by atomic mass is 10.1. The summed E-state index contributed by atoms with van der Waals surface area (Å²) in [7, 11) is 0. The summed E-state index contributed by atoms with van der Waals surface area (Å²) in [6.07, 6.45) is 4.10. The molecule has 0 fully saturated rings. The highest BCUT2D eigenvalue weighted by Crippen LogP contribution is 2.32. The molecule has 0 spiro atoms. The average molecular weight is 225 g/mol. The fourth-order valence-electron chi connectivity index (χ4n) is 2.25. The van der Waals surface area contributed by atoms with Crippen molar-refractivity contribution >= 4 is 11.8 Å². The van der Waals surface area contributed by atoms with Gasteiger partial charge >= 0.3 is 0 Å². The maximum Gasteiger partial charge on any atom is 0.0478 e. The van der Waals surface area contributed by atoms with Crippen molar-refractivity contribution in [3.05, 3.63) is 59.3 Å². The number of anilines is 1. The number of benzene rings is 1. The number of rotatable bonds is 2. The van der Waals surface area contributed by atoms with Crippen molar-refractivity contribution in [1.82, 2.24) is 0 Å². The quantitative estimate of drug-likeness (QED) is 0.721. The molecule has 88 valence electrons. The zero-order valence-corrected chi connectivity index (χ0v) is 10.8. The standard InChI is InChI=1S/C16H19N/c1-5-14-8-7-9-16(10-14)17-11-15(6-2)12(3)13(17)4/h5-10H,1,11H2,2-4H3/b15-6+. The van der Waals surface area contributed by atoms with Crippen LogP contribution in [0.15, 0.2) is 53.8 Å². The third-order valence-electron chi connectivity index (χ3n) is 3.52. The highest BCUT2D eigenvalue weighted by atomic mass is 15.2. The predicted octanol–water partition coefficient (Wildman–Crippen LogP) is 4.39. The molecule has 1 aliphatic heterocycles. The van der Waals surface area contributed by atoms with Crippen LogP contribution >= 0.6 is 0 Å². The van der Waals surface area contributed by atoms with Crippen molar-refractivity contribution in [3.8, 4) is 0 Å². The second-order valence-corrected chi connectivity index (χ2v) is 4.41. The normalized spacial score (nSPS) is 18.1. The van der Waals surface area contributed by atoms with Crippen LogP contribution in [0.2, 0.25) is 0 Å². The van der Waals surface area contributed by atoms with Crippen LogP contribution in [0.5, 0.6) is 0 Å². The van der Waals surface area contributed by atoms with E-state index in [1.807, 2.05) is 6.08 Å². The fraction of sp³-hybridized carbons (Fsp3) is 0.250. The molecular formula is C16H19N. The van der Waals surface area contributed by atoms with Crippen LogP contribution in [-0.4, -0.2) is 6.54 Å². The first kappa shape index (κ1) is 11.7. The molecule has 0 aromatic heterocycles. The van der Waals surface area contributed by atoms with Gasteiger partial charge in [-0.1, -0.05) is 30.9 Å². The summed E-state index contributed by atoms with van der Waals surface area (Å²) in [4.78, 5) is 2.36. The second kappa shape index (κ2) is 4.62. The summed E-state index contributed by atoms with van der Waals surface area (Å²) in [5.41, 5.74) is 6.58. The van der Waals surface area contributed by atoms with E-state index in [0.717, 1.165) is 6.54 Å². The lowest BCUT2D eigenvalue weighted by Crippen LogP contribution is -2.17. The van der Waals surface area contributed by atoms with Crippen molar-refractivity contribution in [2.75, 3.05) is 11.4 Å². The van der Waals surface area contributed by atoms with Crippen molar-refractivity contribution in [2.24, 2.45) is 0 Å². The van der Waals surface area contributed by atoms with Crippen molar-refractivity contribution in [3.63, 3.8) is 0 Å². The summed E-state index contributed by atoms with van der Waals surface area (Å²) < 4.78 is 0. The maximum absolute atomic E-state index is 3.82. The molecule has 1 nitrogen and oxygen atoms in total. The molecule has 1 aliphatic rings. The summed E-state index contributed by atoms with van der Waals surface area (Å²) in [5.74, 6) is 0. The van der Waals surface area contributed by atoms with E-state index in [-0.39, 0.29) is 0 Å². The Hall–Kier alpha value is -1.76. The molecule has 0 amide bonds. The van der Waals surface area contributed by atoms with E-state index in [9.17, 15) is 0 Å². The number of nitrogens with zero attached hydrogens (tertiary/aromatic N) is 1. The van der Waals surface area contributed by atoms with Crippen LogP contribution in [0.4, 0.5) is 5.69 Å².